The molecule has 1 saturated heterocycles. The Morgan fingerprint density at radius 1 is 1.12 bits per heavy atom. The second-order valence-corrected chi connectivity index (χ2v) is 9.09. The summed E-state index contributed by atoms with van der Waals surface area (Å²) in [6.07, 6.45) is 0.469. The number of likely N-dealkylation sites (tertiary alicyclic amines) is 1. The Balaban J connectivity index is 1.54. The first-order chi connectivity index (χ1) is 15.2. The number of hydrogen-bond acceptors (Lipinski definition) is 6. The molecule has 1 unspecified atom stereocenters. The van der Waals surface area contributed by atoms with Crippen LogP contribution in [-0.2, 0) is 14.9 Å². The number of nitrogens with one attached hydrogen (secondary N) is 1. The maximum Gasteiger partial charge on any atom is 0.241 e. The maximum atomic E-state index is 14.3. The van der Waals surface area contributed by atoms with Crippen LogP contribution in [0.1, 0.15) is 24.6 Å². The molecule has 0 saturated carbocycles. The molecule has 0 spiro atoms. The minimum absolute atomic E-state index is 0.00318. The fraction of sp³-hybridized carbons (Fsp3) is 0.368. The molecule has 7 nitrogen and oxygen atoms in total. The minimum Gasteiger partial charge on any atom is -0.384 e. The highest BCUT2D eigenvalue weighted by atomic mass is 32.2. The zero-order valence-electron chi connectivity index (χ0n) is 16.4. The van der Waals surface area contributed by atoms with Gasteiger partial charge in [0.2, 0.25) is 16.0 Å². The van der Waals surface area contributed by atoms with E-state index in [1.807, 2.05) is 0 Å². The number of aromatic nitrogens is 1. The molecule has 2 atom stereocenters. The van der Waals surface area contributed by atoms with E-state index in [0.717, 1.165) is 12.3 Å². The number of oxime groups is 1. The monoisotopic (exact) mass is 476 g/mol. The van der Waals surface area contributed by atoms with Gasteiger partial charge in [0.15, 0.2) is 6.10 Å². The average molecular weight is 476 g/mol. The molecule has 0 aliphatic carbocycles. The van der Waals surface area contributed by atoms with Gasteiger partial charge in [-0.15, -0.1) is 0 Å². The molecule has 2 aromatic rings. The number of amidine groups is 1. The Hall–Kier alpha value is -2.80. The lowest BCUT2D eigenvalue weighted by molar-refractivity contribution is 0.0827. The highest BCUT2D eigenvalue weighted by Crippen LogP contribution is 2.37. The van der Waals surface area contributed by atoms with Gasteiger partial charge in [-0.05, 0) is 12.5 Å². The molecule has 4 rings (SSSR count). The van der Waals surface area contributed by atoms with Gasteiger partial charge in [-0.1, -0.05) is 5.16 Å². The molecule has 0 radical (unpaired) electrons. The quantitative estimate of drug-likeness (QED) is 0.671. The van der Waals surface area contributed by atoms with Gasteiger partial charge in [0.25, 0.3) is 0 Å². The second kappa shape index (κ2) is 8.62. The lowest BCUT2D eigenvalue weighted by Crippen LogP contribution is -2.38. The Morgan fingerprint density at radius 2 is 1.84 bits per heavy atom. The third-order valence-corrected chi connectivity index (χ3v) is 6.14. The van der Waals surface area contributed by atoms with Crippen molar-refractivity contribution in [3.05, 3.63) is 53.4 Å². The lowest BCUT2D eigenvalue weighted by atomic mass is 9.98. The molecule has 0 amide bonds. The average Bonchev–Trinajstić information content (AvgIpc) is 3.37. The predicted molar refractivity (Wildman–Crippen MR) is 103 cm³/mol. The fourth-order valence-electron chi connectivity index (χ4n) is 3.78. The Kier molecular flexibility index (Phi) is 6.03. The molecule has 13 heteroatoms. The van der Waals surface area contributed by atoms with Crippen LogP contribution in [0.25, 0.3) is 11.1 Å². The van der Waals surface area contributed by atoms with Crippen LogP contribution in [0.15, 0.2) is 29.6 Å². The summed E-state index contributed by atoms with van der Waals surface area (Å²) in [5, 5.41) is 3.95. The molecule has 1 fully saturated rings. The van der Waals surface area contributed by atoms with Gasteiger partial charge in [-0.25, -0.2) is 35.1 Å². The van der Waals surface area contributed by atoms with Crippen LogP contribution >= 0.6 is 0 Å². The van der Waals surface area contributed by atoms with Crippen molar-refractivity contribution in [3.63, 3.8) is 0 Å². The molecule has 2 aliphatic heterocycles. The SMILES string of the molecule is O=S(=O)(CF)N[C@H]1CCN(C2=NOC(c3ncc(F)cc3-c3c(F)cc(F)cc3F)C2)C1. The van der Waals surface area contributed by atoms with Crippen LogP contribution in [0.5, 0.6) is 0 Å². The van der Waals surface area contributed by atoms with E-state index in [1.165, 1.54) is 0 Å². The van der Waals surface area contributed by atoms with Crippen molar-refractivity contribution in [3.8, 4) is 11.1 Å². The first-order valence-electron chi connectivity index (χ1n) is 9.51. The third-order valence-electron chi connectivity index (χ3n) is 5.16. The summed E-state index contributed by atoms with van der Waals surface area (Å²) < 4.78 is 93.4. The molecule has 0 bridgehead atoms. The summed E-state index contributed by atoms with van der Waals surface area (Å²) in [6, 6.07) is -0.202. The van der Waals surface area contributed by atoms with E-state index >= 15 is 0 Å². The smallest absolute Gasteiger partial charge is 0.241 e. The second-order valence-electron chi connectivity index (χ2n) is 7.41. The predicted octanol–water partition coefficient (Wildman–Crippen LogP) is 3.00. The topological polar surface area (TPSA) is 83.9 Å². The van der Waals surface area contributed by atoms with Gasteiger partial charge in [-0.2, -0.15) is 0 Å². The number of alkyl halides is 1. The van der Waals surface area contributed by atoms with Crippen LogP contribution in [0.3, 0.4) is 0 Å². The van der Waals surface area contributed by atoms with Gasteiger partial charge in [0.1, 0.15) is 29.1 Å². The van der Waals surface area contributed by atoms with Crippen molar-refractivity contribution in [2.24, 2.45) is 5.16 Å². The Morgan fingerprint density at radius 3 is 2.53 bits per heavy atom. The number of halogens is 5. The zero-order chi connectivity index (χ0) is 23.0. The Bertz CT molecular complexity index is 1150. The van der Waals surface area contributed by atoms with E-state index < -0.39 is 57.0 Å². The lowest BCUT2D eigenvalue weighted by Gasteiger charge is -2.18. The van der Waals surface area contributed by atoms with Crippen molar-refractivity contribution in [2.75, 3.05) is 19.1 Å². The summed E-state index contributed by atoms with van der Waals surface area (Å²) in [6.45, 7) is 0.637. The normalized spacial score (nSPS) is 21.0. The molecule has 3 heterocycles. The van der Waals surface area contributed by atoms with E-state index in [2.05, 4.69) is 14.9 Å². The van der Waals surface area contributed by atoms with Gasteiger partial charge >= 0.3 is 0 Å². The van der Waals surface area contributed by atoms with Crippen LogP contribution in [0.2, 0.25) is 0 Å². The summed E-state index contributed by atoms with van der Waals surface area (Å²) in [5.41, 5.74) is -0.882. The molecule has 1 aromatic heterocycles. The zero-order valence-corrected chi connectivity index (χ0v) is 17.2. The van der Waals surface area contributed by atoms with Crippen molar-refractivity contribution in [1.82, 2.24) is 14.6 Å². The molecule has 172 valence electrons. The number of rotatable bonds is 5. The van der Waals surface area contributed by atoms with Gasteiger partial charge in [0, 0.05) is 36.8 Å². The number of sulfonamides is 1. The summed E-state index contributed by atoms with van der Waals surface area (Å²) in [5.74, 6) is -4.00. The summed E-state index contributed by atoms with van der Waals surface area (Å²) >= 11 is 0. The van der Waals surface area contributed by atoms with Crippen molar-refractivity contribution < 1.29 is 35.2 Å². The van der Waals surface area contributed by atoms with Crippen molar-refractivity contribution >= 4 is 15.9 Å². The van der Waals surface area contributed by atoms with E-state index in [0.29, 0.717) is 30.9 Å². The molecular formula is C19H17F5N4O3S. The Labute approximate surface area is 179 Å². The fourth-order valence-corrected chi connectivity index (χ4v) is 4.54. The van der Waals surface area contributed by atoms with Gasteiger partial charge in [-0.3, -0.25) is 4.98 Å². The summed E-state index contributed by atoms with van der Waals surface area (Å²) in [4.78, 5) is 11.0. The number of nitrogens with zero attached hydrogens (tertiary/aromatic N) is 3. The first-order valence-corrected chi connectivity index (χ1v) is 11.2. The molecule has 2 aliphatic rings. The van der Waals surface area contributed by atoms with Crippen LogP contribution in [0.4, 0.5) is 22.0 Å². The van der Waals surface area contributed by atoms with Gasteiger partial charge < -0.3 is 9.74 Å². The van der Waals surface area contributed by atoms with Gasteiger partial charge in [0.05, 0.1) is 23.9 Å². The number of benzene rings is 1. The van der Waals surface area contributed by atoms with Crippen molar-refractivity contribution in [2.45, 2.75) is 25.0 Å². The number of hydrogen-bond donors (Lipinski definition) is 1. The van der Waals surface area contributed by atoms with Crippen LogP contribution in [0, 0.1) is 23.3 Å². The highest BCUT2D eigenvalue weighted by molar-refractivity contribution is 7.89. The maximum absolute atomic E-state index is 14.3. The third kappa shape index (κ3) is 4.53. The van der Waals surface area contributed by atoms with Crippen LogP contribution in [-0.4, -0.2) is 49.3 Å². The van der Waals surface area contributed by atoms with E-state index in [-0.39, 0.29) is 24.2 Å². The standard InChI is InChI=1S/C19H17F5N4O3S/c20-9-32(29,30)27-12-1-2-28(8-12)17-6-16(31-26-17)19-13(3-11(22)7-25-19)18-14(23)4-10(21)5-15(18)24/h3-5,7,12,16,27H,1-2,6,8-9H2/t12-,16?/m0/s1. The molecular weight excluding hydrogens is 459 g/mol. The first kappa shape index (κ1) is 22.4. The van der Waals surface area contributed by atoms with Crippen LogP contribution < -0.4 is 4.72 Å². The molecule has 1 N–H and O–H groups in total. The summed E-state index contributed by atoms with van der Waals surface area (Å²) in [7, 11) is -4.01. The number of pyridine rings is 1. The van der Waals surface area contributed by atoms with E-state index in [1.54, 1.807) is 4.90 Å². The van der Waals surface area contributed by atoms with E-state index in [4.69, 9.17) is 4.84 Å². The van der Waals surface area contributed by atoms with E-state index in [9.17, 15) is 30.4 Å². The highest BCUT2D eigenvalue weighted by Gasteiger charge is 2.35. The minimum atomic E-state index is -4.01. The largest absolute Gasteiger partial charge is 0.384 e. The molecule has 1 aromatic carbocycles. The van der Waals surface area contributed by atoms with Crippen molar-refractivity contribution in [1.29, 1.82) is 0 Å². The molecule has 32 heavy (non-hydrogen) atoms.